The molecular formula is C20H25BrN2O5S. The normalized spacial score (nSPS) is 19.1. The van der Waals surface area contributed by atoms with Crippen molar-refractivity contribution >= 4 is 31.7 Å². The molecule has 2 unspecified atom stereocenters. The second kappa shape index (κ2) is 9.32. The highest BCUT2D eigenvalue weighted by molar-refractivity contribution is 9.10. The molecular weight excluding hydrogens is 460 g/mol. The van der Waals surface area contributed by atoms with Gasteiger partial charge in [0.25, 0.3) is 0 Å². The number of halogens is 1. The van der Waals surface area contributed by atoms with Crippen LogP contribution in [-0.2, 0) is 21.2 Å². The van der Waals surface area contributed by atoms with Gasteiger partial charge in [-0.25, -0.2) is 8.42 Å². The first-order valence-corrected chi connectivity index (χ1v) is 12.0. The number of benzene rings is 1. The zero-order chi connectivity index (χ0) is 21.0. The average molecular weight is 485 g/mol. The van der Waals surface area contributed by atoms with Gasteiger partial charge in [-0.05, 0) is 59.1 Å². The molecule has 3 rings (SSSR count). The summed E-state index contributed by atoms with van der Waals surface area (Å²) in [4.78, 5) is 14.6. The largest absolute Gasteiger partial charge is 0.496 e. The predicted octanol–water partition coefficient (Wildman–Crippen LogP) is 2.92. The van der Waals surface area contributed by atoms with Crippen LogP contribution in [0.5, 0.6) is 5.75 Å². The van der Waals surface area contributed by atoms with Crippen molar-refractivity contribution in [2.75, 3.05) is 25.2 Å². The highest BCUT2D eigenvalue weighted by Gasteiger charge is 2.35. The summed E-state index contributed by atoms with van der Waals surface area (Å²) >= 11 is 3.47. The summed E-state index contributed by atoms with van der Waals surface area (Å²) in [6.07, 6.45) is 2.00. The minimum absolute atomic E-state index is 0.000425. The Hall–Kier alpha value is -1.84. The van der Waals surface area contributed by atoms with E-state index in [1.807, 2.05) is 25.1 Å². The minimum atomic E-state index is -3.10. The molecule has 1 N–H and O–H groups in total. The van der Waals surface area contributed by atoms with Crippen LogP contribution in [0, 0.1) is 0 Å². The smallest absolute Gasteiger partial charge is 0.237 e. The number of amides is 1. The number of sulfone groups is 1. The Morgan fingerprint density at radius 1 is 1.41 bits per heavy atom. The van der Waals surface area contributed by atoms with Crippen molar-refractivity contribution in [3.05, 3.63) is 52.4 Å². The van der Waals surface area contributed by atoms with Crippen molar-refractivity contribution < 1.29 is 22.4 Å². The number of rotatable bonds is 8. The molecule has 1 fully saturated rings. The predicted molar refractivity (Wildman–Crippen MR) is 113 cm³/mol. The summed E-state index contributed by atoms with van der Waals surface area (Å²) in [5.41, 5.74) is 1.01. The molecule has 0 bridgehead atoms. The van der Waals surface area contributed by atoms with Crippen LogP contribution in [0.4, 0.5) is 0 Å². The zero-order valence-corrected chi connectivity index (χ0v) is 18.8. The molecule has 2 atom stereocenters. The fourth-order valence-corrected chi connectivity index (χ4v) is 5.71. The van der Waals surface area contributed by atoms with Gasteiger partial charge < -0.3 is 19.4 Å². The van der Waals surface area contributed by atoms with E-state index in [4.69, 9.17) is 9.15 Å². The topological polar surface area (TPSA) is 88.8 Å². The van der Waals surface area contributed by atoms with Crippen LogP contribution < -0.4 is 10.1 Å². The highest BCUT2D eigenvalue weighted by Crippen LogP contribution is 2.28. The SMILES string of the molecule is COc1ccc(C(C)NCC(=O)N(Cc2ccco2)C2CCS(=O)(=O)C2)cc1Br. The number of methoxy groups -OCH3 is 1. The highest BCUT2D eigenvalue weighted by atomic mass is 79.9. The fourth-order valence-electron chi connectivity index (χ4n) is 3.42. The van der Waals surface area contributed by atoms with Crippen LogP contribution >= 0.6 is 15.9 Å². The standard InChI is InChI=1S/C20H25BrN2O5S/c1-14(15-5-6-19(27-2)18(21)10-15)22-11-20(24)23(12-17-4-3-8-28-17)16-7-9-29(25,26)13-16/h3-6,8,10,14,16,22H,7,9,11-13H2,1-2H3. The zero-order valence-electron chi connectivity index (χ0n) is 16.4. The monoisotopic (exact) mass is 484 g/mol. The number of carbonyl (C=O) groups is 1. The third kappa shape index (κ3) is 5.61. The molecule has 0 spiro atoms. The summed E-state index contributed by atoms with van der Waals surface area (Å²) in [6, 6.07) is 8.90. The van der Waals surface area contributed by atoms with Gasteiger partial charge in [0.1, 0.15) is 11.5 Å². The van der Waals surface area contributed by atoms with Gasteiger partial charge in [-0.2, -0.15) is 0 Å². The molecule has 7 nitrogen and oxygen atoms in total. The maximum absolute atomic E-state index is 13.0. The van der Waals surface area contributed by atoms with E-state index in [9.17, 15) is 13.2 Å². The van der Waals surface area contributed by atoms with E-state index in [1.54, 1.807) is 30.4 Å². The van der Waals surface area contributed by atoms with Crippen molar-refractivity contribution in [3.8, 4) is 5.75 Å². The molecule has 0 radical (unpaired) electrons. The van der Waals surface area contributed by atoms with Gasteiger partial charge in [-0.1, -0.05) is 6.07 Å². The van der Waals surface area contributed by atoms with Crippen LogP contribution in [0.2, 0.25) is 0 Å². The third-order valence-electron chi connectivity index (χ3n) is 5.11. The Balaban J connectivity index is 1.67. The van der Waals surface area contributed by atoms with Gasteiger partial charge in [-0.15, -0.1) is 0 Å². The van der Waals surface area contributed by atoms with Crippen LogP contribution in [0.25, 0.3) is 0 Å². The van der Waals surface area contributed by atoms with Gasteiger partial charge in [0.2, 0.25) is 5.91 Å². The Kier molecular flexibility index (Phi) is 7.02. The molecule has 29 heavy (non-hydrogen) atoms. The lowest BCUT2D eigenvalue weighted by Gasteiger charge is -2.28. The van der Waals surface area contributed by atoms with Crippen LogP contribution in [0.3, 0.4) is 0 Å². The molecule has 2 heterocycles. The second-order valence-corrected chi connectivity index (χ2v) is 10.2. The van der Waals surface area contributed by atoms with E-state index in [-0.39, 0.29) is 42.6 Å². The first-order valence-electron chi connectivity index (χ1n) is 9.38. The van der Waals surface area contributed by atoms with Gasteiger partial charge in [0.05, 0.1) is 42.4 Å². The number of hydrogen-bond acceptors (Lipinski definition) is 6. The van der Waals surface area contributed by atoms with Crippen molar-refractivity contribution in [2.45, 2.75) is 32.0 Å². The van der Waals surface area contributed by atoms with E-state index in [2.05, 4.69) is 21.2 Å². The fraction of sp³-hybridized carbons (Fsp3) is 0.450. The molecule has 1 aromatic heterocycles. The van der Waals surface area contributed by atoms with E-state index < -0.39 is 9.84 Å². The van der Waals surface area contributed by atoms with Crippen LogP contribution in [0.1, 0.15) is 30.7 Å². The average Bonchev–Trinajstić information content (AvgIpc) is 3.32. The van der Waals surface area contributed by atoms with E-state index in [0.717, 1.165) is 15.8 Å². The molecule has 1 aliphatic heterocycles. The number of carbonyl (C=O) groups excluding carboxylic acids is 1. The molecule has 2 aromatic rings. The first kappa shape index (κ1) is 21.9. The number of furan rings is 1. The van der Waals surface area contributed by atoms with Crippen molar-refractivity contribution in [2.24, 2.45) is 0 Å². The third-order valence-corrected chi connectivity index (χ3v) is 7.48. The Morgan fingerprint density at radius 3 is 2.79 bits per heavy atom. The van der Waals surface area contributed by atoms with Gasteiger partial charge >= 0.3 is 0 Å². The maximum atomic E-state index is 13.0. The maximum Gasteiger partial charge on any atom is 0.237 e. The summed E-state index contributed by atoms with van der Waals surface area (Å²) in [5, 5.41) is 3.23. The van der Waals surface area contributed by atoms with Gasteiger partial charge in [0, 0.05) is 12.1 Å². The number of nitrogens with zero attached hydrogens (tertiary/aromatic N) is 1. The van der Waals surface area contributed by atoms with Gasteiger partial charge in [-0.3, -0.25) is 4.79 Å². The summed E-state index contributed by atoms with van der Waals surface area (Å²) in [6.45, 7) is 2.33. The minimum Gasteiger partial charge on any atom is -0.496 e. The first-order chi connectivity index (χ1) is 13.8. The van der Waals surface area contributed by atoms with E-state index >= 15 is 0 Å². The Morgan fingerprint density at radius 2 is 2.21 bits per heavy atom. The number of hydrogen-bond donors (Lipinski definition) is 1. The van der Waals surface area contributed by atoms with Crippen LogP contribution in [-0.4, -0.2) is 50.4 Å². The van der Waals surface area contributed by atoms with E-state index in [0.29, 0.717) is 12.2 Å². The second-order valence-electron chi connectivity index (χ2n) is 7.15. The molecule has 9 heteroatoms. The number of nitrogens with one attached hydrogen (secondary N) is 1. The Bertz CT molecular complexity index is 946. The molecule has 1 saturated heterocycles. The molecule has 1 amide bonds. The number of ether oxygens (including phenoxy) is 1. The van der Waals surface area contributed by atoms with Gasteiger partial charge in [0.15, 0.2) is 9.84 Å². The lowest BCUT2D eigenvalue weighted by Crippen LogP contribution is -2.45. The Labute approximate surface area is 179 Å². The molecule has 1 aromatic carbocycles. The lowest BCUT2D eigenvalue weighted by atomic mass is 10.1. The molecule has 0 saturated carbocycles. The van der Waals surface area contributed by atoms with Crippen molar-refractivity contribution in [1.82, 2.24) is 10.2 Å². The molecule has 158 valence electrons. The summed E-state index contributed by atoms with van der Waals surface area (Å²) < 4.78 is 35.3. The lowest BCUT2D eigenvalue weighted by molar-refractivity contribution is -0.133. The van der Waals surface area contributed by atoms with E-state index in [1.165, 1.54) is 0 Å². The summed E-state index contributed by atoms with van der Waals surface area (Å²) in [7, 11) is -1.49. The van der Waals surface area contributed by atoms with Crippen molar-refractivity contribution in [1.29, 1.82) is 0 Å². The molecule has 1 aliphatic rings. The van der Waals surface area contributed by atoms with Crippen LogP contribution in [0.15, 0.2) is 45.5 Å². The summed E-state index contributed by atoms with van der Waals surface area (Å²) in [5.74, 6) is 1.34. The molecule has 0 aliphatic carbocycles. The quantitative estimate of drug-likeness (QED) is 0.619. The van der Waals surface area contributed by atoms with Crippen molar-refractivity contribution in [3.63, 3.8) is 0 Å².